The summed E-state index contributed by atoms with van der Waals surface area (Å²) in [6.45, 7) is 1.96. The molecule has 0 radical (unpaired) electrons. The van der Waals surface area contributed by atoms with Crippen molar-refractivity contribution in [1.82, 2.24) is 4.31 Å². The summed E-state index contributed by atoms with van der Waals surface area (Å²) in [7, 11) is -3.55. The van der Waals surface area contributed by atoms with Crippen molar-refractivity contribution in [3.05, 3.63) is 29.8 Å². The number of fused-ring (bicyclic) bond motifs is 1. The second kappa shape index (κ2) is 6.07. The topological polar surface area (TPSA) is 57.4 Å². The molecular formula is C20H29NO3S. The molecule has 4 rings (SSSR count). The van der Waals surface area contributed by atoms with E-state index >= 15 is 0 Å². The normalized spacial score (nSPS) is 34.8. The molecule has 1 saturated heterocycles. The van der Waals surface area contributed by atoms with Gasteiger partial charge in [-0.25, -0.2) is 8.42 Å². The van der Waals surface area contributed by atoms with E-state index in [2.05, 4.69) is 0 Å². The fraction of sp³-hybridized carbons (Fsp3) is 0.700. The van der Waals surface area contributed by atoms with Crippen molar-refractivity contribution in [1.29, 1.82) is 0 Å². The number of hydrogen-bond acceptors (Lipinski definition) is 3. The van der Waals surface area contributed by atoms with Crippen LogP contribution in [0.25, 0.3) is 0 Å². The number of nitrogens with zero attached hydrogens (tertiary/aromatic N) is 1. The summed E-state index contributed by atoms with van der Waals surface area (Å²) >= 11 is 0. The van der Waals surface area contributed by atoms with E-state index in [1.54, 1.807) is 16.4 Å². The number of rotatable bonds is 3. The van der Waals surface area contributed by atoms with E-state index in [4.69, 9.17) is 0 Å². The molecule has 4 nitrogen and oxygen atoms in total. The minimum Gasteiger partial charge on any atom is -0.388 e. The summed E-state index contributed by atoms with van der Waals surface area (Å²) < 4.78 is 28.4. The summed E-state index contributed by atoms with van der Waals surface area (Å²) in [5, 5.41) is 11.6. The first-order valence-corrected chi connectivity index (χ1v) is 11.2. The zero-order chi connectivity index (χ0) is 17.7. The van der Waals surface area contributed by atoms with Gasteiger partial charge < -0.3 is 5.11 Å². The van der Waals surface area contributed by atoms with Crippen LogP contribution in [0.4, 0.5) is 0 Å². The van der Waals surface area contributed by atoms with Gasteiger partial charge in [-0.3, -0.25) is 0 Å². The van der Waals surface area contributed by atoms with Gasteiger partial charge in [-0.2, -0.15) is 4.31 Å². The van der Waals surface area contributed by atoms with E-state index < -0.39 is 21.2 Å². The first-order valence-electron chi connectivity index (χ1n) is 9.75. The lowest BCUT2D eigenvalue weighted by molar-refractivity contribution is -0.0312. The Hall–Kier alpha value is -0.910. The number of hydrogen-bond donors (Lipinski definition) is 1. The molecule has 138 valence electrons. The molecule has 0 amide bonds. The SMILES string of the molecule is Cc1ccc(S(=O)(=O)N2C3CCCCC32C2(O)CCCCCC2)cc1. The molecular weight excluding hydrogens is 334 g/mol. The Balaban J connectivity index is 1.73. The summed E-state index contributed by atoms with van der Waals surface area (Å²) in [4.78, 5) is 0.365. The molecule has 2 aliphatic carbocycles. The van der Waals surface area contributed by atoms with Gasteiger partial charge in [-0.1, -0.05) is 56.2 Å². The summed E-state index contributed by atoms with van der Waals surface area (Å²) in [6, 6.07) is 7.11. The average Bonchev–Trinajstić information content (AvgIpc) is 3.33. The Morgan fingerprint density at radius 2 is 1.56 bits per heavy atom. The highest BCUT2D eigenvalue weighted by atomic mass is 32.2. The van der Waals surface area contributed by atoms with Crippen LogP contribution in [0.1, 0.15) is 69.8 Å². The predicted molar refractivity (Wildman–Crippen MR) is 97.8 cm³/mol. The van der Waals surface area contributed by atoms with Gasteiger partial charge in [0, 0.05) is 6.04 Å². The lowest BCUT2D eigenvalue weighted by Gasteiger charge is -2.38. The van der Waals surface area contributed by atoms with Crippen molar-refractivity contribution in [2.24, 2.45) is 0 Å². The second-order valence-corrected chi connectivity index (χ2v) is 10.1. The zero-order valence-corrected chi connectivity index (χ0v) is 15.9. The maximum Gasteiger partial charge on any atom is 0.244 e. The summed E-state index contributed by atoms with van der Waals surface area (Å²) in [5.41, 5.74) is -0.356. The minimum absolute atomic E-state index is 0.0179. The second-order valence-electron chi connectivity index (χ2n) is 8.25. The standard InChI is InChI=1S/C20H29NO3S/c1-16-9-11-17(12-10-16)25(23,24)21-18-8-4-7-15-20(18,21)19(22)13-5-2-3-6-14-19/h9-12,18,22H,2-8,13-15H2,1H3. The molecule has 1 aromatic rings. The van der Waals surface area contributed by atoms with E-state index in [1.807, 2.05) is 19.1 Å². The molecule has 0 spiro atoms. The predicted octanol–water partition coefficient (Wildman–Crippen LogP) is 3.77. The molecule has 1 N–H and O–H groups in total. The van der Waals surface area contributed by atoms with Crippen molar-refractivity contribution >= 4 is 10.0 Å². The van der Waals surface area contributed by atoms with Crippen LogP contribution in [-0.4, -0.2) is 35.0 Å². The fourth-order valence-corrected chi connectivity index (χ4v) is 7.52. The van der Waals surface area contributed by atoms with Gasteiger partial charge in [0.2, 0.25) is 10.0 Å². The molecule has 0 bridgehead atoms. The maximum absolute atomic E-state index is 13.4. The maximum atomic E-state index is 13.4. The molecule has 0 aromatic heterocycles. The van der Waals surface area contributed by atoms with Crippen molar-refractivity contribution in [2.45, 2.75) is 93.2 Å². The van der Waals surface area contributed by atoms with Crippen LogP contribution >= 0.6 is 0 Å². The number of aryl methyl sites for hydroxylation is 1. The molecule has 1 heterocycles. The third-order valence-corrected chi connectivity index (χ3v) is 8.73. The third kappa shape index (κ3) is 2.58. The van der Waals surface area contributed by atoms with Crippen molar-refractivity contribution in [3.63, 3.8) is 0 Å². The lowest BCUT2D eigenvalue weighted by Crippen LogP contribution is -2.50. The largest absolute Gasteiger partial charge is 0.388 e. The van der Waals surface area contributed by atoms with Gasteiger partial charge >= 0.3 is 0 Å². The molecule has 1 aromatic carbocycles. The van der Waals surface area contributed by atoms with E-state index in [0.29, 0.717) is 4.90 Å². The Kier molecular flexibility index (Phi) is 4.25. The van der Waals surface area contributed by atoms with Gasteiger partial charge in [-0.05, 0) is 44.7 Å². The van der Waals surface area contributed by atoms with Gasteiger partial charge in [0.25, 0.3) is 0 Å². The zero-order valence-electron chi connectivity index (χ0n) is 15.1. The Morgan fingerprint density at radius 3 is 2.20 bits per heavy atom. The van der Waals surface area contributed by atoms with Crippen molar-refractivity contribution in [2.75, 3.05) is 0 Å². The van der Waals surface area contributed by atoms with Crippen LogP contribution in [-0.2, 0) is 10.0 Å². The molecule has 3 aliphatic rings. The molecule has 2 saturated carbocycles. The number of aliphatic hydroxyl groups is 1. The molecule has 25 heavy (non-hydrogen) atoms. The smallest absolute Gasteiger partial charge is 0.244 e. The minimum atomic E-state index is -3.55. The monoisotopic (exact) mass is 363 g/mol. The summed E-state index contributed by atoms with van der Waals surface area (Å²) in [5.74, 6) is 0. The molecule has 1 aliphatic heterocycles. The van der Waals surface area contributed by atoms with Crippen LogP contribution in [0.2, 0.25) is 0 Å². The van der Waals surface area contributed by atoms with E-state index in [9.17, 15) is 13.5 Å². The van der Waals surface area contributed by atoms with Gasteiger partial charge in [0.15, 0.2) is 0 Å². The Bertz CT molecular complexity index is 735. The highest BCUT2D eigenvalue weighted by Crippen LogP contribution is 2.62. The average molecular weight is 364 g/mol. The van der Waals surface area contributed by atoms with Crippen LogP contribution in [0.15, 0.2) is 29.2 Å². The molecule has 3 unspecified atom stereocenters. The first kappa shape index (κ1) is 17.5. The highest BCUT2D eigenvalue weighted by Gasteiger charge is 2.76. The Labute approximate surface area is 151 Å². The van der Waals surface area contributed by atoms with Crippen LogP contribution in [0, 0.1) is 6.92 Å². The highest BCUT2D eigenvalue weighted by molar-refractivity contribution is 7.89. The van der Waals surface area contributed by atoms with Gasteiger partial charge in [0.05, 0.1) is 16.0 Å². The van der Waals surface area contributed by atoms with Crippen LogP contribution in [0.5, 0.6) is 0 Å². The van der Waals surface area contributed by atoms with Crippen molar-refractivity contribution in [3.8, 4) is 0 Å². The molecule has 3 atom stereocenters. The van der Waals surface area contributed by atoms with Crippen LogP contribution in [0.3, 0.4) is 0 Å². The van der Waals surface area contributed by atoms with Crippen molar-refractivity contribution < 1.29 is 13.5 Å². The first-order chi connectivity index (χ1) is 11.9. The van der Waals surface area contributed by atoms with Crippen LogP contribution < -0.4 is 0 Å². The third-order valence-electron chi connectivity index (χ3n) is 6.76. The lowest BCUT2D eigenvalue weighted by atomic mass is 9.72. The fourth-order valence-electron chi connectivity index (χ4n) is 5.43. The quantitative estimate of drug-likeness (QED) is 0.657. The summed E-state index contributed by atoms with van der Waals surface area (Å²) in [6.07, 6.45) is 9.54. The molecule has 3 fully saturated rings. The van der Waals surface area contributed by atoms with Gasteiger partial charge in [0.1, 0.15) is 0 Å². The number of sulfonamides is 1. The van der Waals surface area contributed by atoms with E-state index in [1.165, 1.54) is 0 Å². The number of benzene rings is 1. The van der Waals surface area contributed by atoms with E-state index in [-0.39, 0.29) is 6.04 Å². The van der Waals surface area contributed by atoms with E-state index in [0.717, 1.165) is 69.8 Å². The van der Waals surface area contributed by atoms with Gasteiger partial charge in [-0.15, -0.1) is 0 Å². The Morgan fingerprint density at radius 1 is 0.960 bits per heavy atom. The molecule has 5 heteroatoms.